The van der Waals surface area contributed by atoms with Gasteiger partial charge in [-0.1, -0.05) is 28.1 Å². The van der Waals surface area contributed by atoms with Gasteiger partial charge in [0.1, 0.15) is 5.82 Å². The van der Waals surface area contributed by atoms with Crippen LogP contribution in [0.4, 0.5) is 5.82 Å². The molecule has 1 aliphatic rings. The Balaban J connectivity index is 1.91. The summed E-state index contributed by atoms with van der Waals surface area (Å²) in [5, 5.41) is 4.65. The molecule has 0 saturated carbocycles. The third kappa shape index (κ3) is 2.17. The Hall–Kier alpha value is -1.29. The Labute approximate surface area is 115 Å². The molecule has 0 unspecified atom stereocenters. The van der Waals surface area contributed by atoms with E-state index in [9.17, 15) is 0 Å². The van der Waals surface area contributed by atoms with Crippen molar-refractivity contribution in [3.05, 3.63) is 45.6 Å². The topological polar surface area (TPSA) is 43.8 Å². The first-order valence-corrected chi connectivity index (χ1v) is 7.12. The molecular formula is C14H16BrN3. The minimum Gasteiger partial charge on any atom is -0.384 e. The van der Waals surface area contributed by atoms with Gasteiger partial charge in [0.25, 0.3) is 0 Å². The SMILES string of the molecule is Nc1c2c(nn1Cc1cccc(Br)c1)CCCC2. The van der Waals surface area contributed by atoms with Crippen LogP contribution < -0.4 is 5.73 Å². The fraction of sp³-hybridized carbons (Fsp3) is 0.357. The number of benzene rings is 1. The fourth-order valence-corrected chi connectivity index (χ4v) is 3.01. The van der Waals surface area contributed by atoms with Crippen molar-refractivity contribution in [2.45, 2.75) is 32.2 Å². The molecule has 0 saturated heterocycles. The third-order valence-corrected chi connectivity index (χ3v) is 3.98. The number of aryl methyl sites for hydroxylation is 1. The maximum atomic E-state index is 6.20. The van der Waals surface area contributed by atoms with E-state index in [1.54, 1.807) is 0 Å². The van der Waals surface area contributed by atoms with Crippen molar-refractivity contribution in [2.75, 3.05) is 5.73 Å². The van der Waals surface area contributed by atoms with Gasteiger partial charge >= 0.3 is 0 Å². The van der Waals surface area contributed by atoms with Gasteiger partial charge in [0.15, 0.2) is 0 Å². The zero-order valence-electron chi connectivity index (χ0n) is 10.2. The number of halogens is 1. The zero-order valence-corrected chi connectivity index (χ0v) is 11.8. The molecule has 3 nitrogen and oxygen atoms in total. The number of hydrogen-bond donors (Lipinski definition) is 1. The van der Waals surface area contributed by atoms with Crippen LogP contribution in [0.15, 0.2) is 28.7 Å². The van der Waals surface area contributed by atoms with Crippen LogP contribution in [0.25, 0.3) is 0 Å². The molecule has 3 rings (SSSR count). The Morgan fingerprint density at radius 2 is 2.11 bits per heavy atom. The number of nitrogens with zero attached hydrogens (tertiary/aromatic N) is 2. The molecule has 1 aliphatic carbocycles. The monoisotopic (exact) mass is 305 g/mol. The van der Waals surface area contributed by atoms with Crippen molar-refractivity contribution in [2.24, 2.45) is 0 Å². The van der Waals surface area contributed by atoms with Gasteiger partial charge in [0.05, 0.1) is 12.2 Å². The summed E-state index contributed by atoms with van der Waals surface area (Å²) in [6.45, 7) is 0.748. The summed E-state index contributed by atoms with van der Waals surface area (Å²) in [5.41, 5.74) is 9.89. The highest BCUT2D eigenvalue weighted by atomic mass is 79.9. The normalized spacial score (nSPS) is 14.5. The molecule has 94 valence electrons. The molecule has 1 aromatic carbocycles. The van der Waals surface area contributed by atoms with Crippen LogP contribution in [0.3, 0.4) is 0 Å². The molecule has 0 spiro atoms. The Morgan fingerprint density at radius 3 is 2.89 bits per heavy atom. The first kappa shape index (κ1) is 11.8. The summed E-state index contributed by atoms with van der Waals surface area (Å²) < 4.78 is 3.04. The second-order valence-electron chi connectivity index (χ2n) is 4.81. The summed E-state index contributed by atoms with van der Waals surface area (Å²) in [7, 11) is 0. The third-order valence-electron chi connectivity index (χ3n) is 3.49. The molecule has 0 fully saturated rings. The molecule has 0 aliphatic heterocycles. The first-order chi connectivity index (χ1) is 8.74. The van der Waals surface area contributed by atoms with Crippen LogP contribution in [0.1, 0.15) is 29.7 Å². The van der Waals surface area contributed by atoms with Crippen LogP contribution in [0.2, 0.25) is 0 Å². The molecule has 0 amide bonds. The van der Waals surface area contributed by atoms with Crippen LogP contribution in [-0.2, 0) is 19.4 Å². The quantitative estimate of drug-likeness (QED) is 0.926. The number of hydrogen-bond acceptors (Lipinski definition) is 2. The first-order valence-electron chi connectivity index (χ1n) is 6.32. The molecule has 4 heteroatoms. The second-order valence-corrected chi connectivity index (χ2v) is 5.72. The van der Waals surface area contributed by atoms with E-state index in [1.165, 1.54) is 29.7 Å². The molecule has 18 heavy (non-hydrogen) atoms. The van der Waals surface area contributed by atoms with Crippen LogP contribution in [0, 0.1) is 0 Å². The lowest BCUT2D eigenvalue weighted by molar-refractivity contribution is 0.647. The van der Waals surface area contributed by atoms with Gasteiger partial charge in [0.2, 0.25) is 0 Å². The predicted octanol–water partition coefficient (Wildman–Crippen LogP) is 3.15. The van der Waals surface area contributed by atoms with Gasteiger partial charge in [-0.2, -0.15) is 5.10 Å². The number of aromatic nitrogens is 2. The van der Waals surface area contributed by atoms with Gasteiger partial charge in [-0.05, 0) is 43.4 Å². The number of rotatable bonds is 2. The Morgan fingerprint density at radius 1 is 1.28 bits per heavy atom. The zero-order chi connectivity index (χ0) is 12.5. The molecular weight excluding hydrogens is 290 g/mol. The highest BCUT2D eigenvalue weighted by Crippen LogP contribution is 2.26. The van der Waals surface area contributed by atoms with Crippen LogP contribution in [0.5, 0.6) is 0 Å². The lowest BCUT2D eigenvalue weighted by Crippen LogP contribution is -2.06. The minimum absolute atomic E-state index is 0.748. The fourth-order valence-electron chi connectivity index (χ4n) is 2.56. The van der Waals surface area contributed by atoms with Crippen molar-refractivity contribution >= 4 is 21.7 Å². The minimum atomic E-state index is 0.748. The van der Waals surface area contributed by atoms with Gasteiger partial charge in [-0.3, -0.25) is 0 Å². The summed E-state index contributed by atoms with van der Waals surface area (Å²) in [6, 6.07) is 8.28. The van der Waals surface area contributed by atoms with Crippen molar-refractivity contribution in [1.29, 1.82) is 0 Å². The van der Waals surface area contributed by atoms with E-state index in [4.69, 9.17) is 5.73 Å². The van der Waals surface area contributed by atoms with E-state index in [-0.39, 0.29) is 0 Å². The lowest BCUT2D eigenvalue weighted by atomic mass is 9.98. The van der Waals surface area contributed by atoms with Gasteiger partial charge < -0.3 is 5.73 Å². The average molecular weight is 306 g/mol. The summed E-state index contributed by atoms with van der Waals surface area (Å²) in [4.78, 5) is 0. The van der Waals surface area contributed by atoms with Crippen molar-refractivity contribution in [1.82, 2.24) is 9.78 Å². The highest BCUT2D eigenvalue weighted by Gasteiger charge is 2.18. The van der Waals surface area contributed by atoms with Gasteiger partial charge in [-0.15, -0.1) is 0 Å². The van der Waals surface area contributed by atoms with Crippen molar-refractivity contribution < 1.29 is 0 Å². The number of fused-ring (bicyclic) bond motifs is 1. The van der Waals surface area contributed by atoms with E-state index >= 15 is 0 Å². The Kier molecular flexibility index (Phi) is 3.12. The number of anilines is 1. The van der Waals surface area contributed by atoms with E-state index in [0.717, 1.165) is 29.7 Å². The van der Waals surface area contributed by atoms with Crippen molar-refractivity contribution in [3.8, 4) is 0 Å². The highest BCUT2D eigenvalue weighted by molar-refractivity contribution is 9.10. The average Bonchev–Trinajstić information content (AvgIpc) is 2.67. The van der Waals surface area contributed by atoms with Gasteiger partial charge in [-0.25, -0.2) is 4.68 Å². The molecule has 2 aromatic rings. The molecule has 0 atom stereocenters. The van der Waals surface area contributed by atoms with Crippen LogP contribution >= 0.6 is 15.9 Å². The number of nitrogen functional groups attached to an aromatic ring is 1. The summed E-state index contributed by atoms with van der Waals surface area (Å²) in [5.74, 6) is 0.852. The van der Waals surface area contributed by atoms with E-state index < -0.39 is 0 Å². The van der Waals surface area contributed by atoms with E-state index in [0.29, 0.717) is 0 Å². The summed E-state index contributed by atoms with van der Waals surface area (Å²) >= 11 is 3.49. The summed E-state index contributed by atoms with van der Waals surface area (Å²) in [6.07, 6.45) is 4.63. The maximum Gasteiger partial charge on any atom is 0.125 e. The lowest BCUT2D eigenvalue weighted by Gasteiger charge is -2.08. The predicted molar refractivity (Wildman–Crippen MR) is 76.5 cm³/mol. The molecule has 0 bridgehead atoms. The molecule has 0 radical (unpaired) electrons. The van der Waals surface area contributed by atoms with Crippen molar-refractivity contribution in [3.63, 3.8) is 0 Å². The standard InChI is InChI=1S/C14H16BrN3/c15-11-5-3-4-10(8-11)9-18-14(16)12-6-1-2-7-13(12)17-18/h3-5,8H,1-2,6-7,9,16H2. The maximum absolute atomic E-state index is 6.20. The second kappa shape index (κ2) is 4.76. The van der Waals surface area contributed by atoms with E-state index in [1.807, 2.05) is 16.8 Å². The van der Waals surface area contributed by atoms with Gasteiger partial charge in [0, 0.05) is 10.0 Å². The Bertz CT molecular complexity index is 574. The molecule has 2 N–H and O–H groups in total. The largest absolute Gasteiger partial charge is 0.384 e. The smallest absolute Gasteiger partial charge is 0.125 e. The number of nitrogens with two attached hydrogens (primary N) is 1. The molecule has 1 heterocycles. The molecule has 1 aromatic heterocycles. The van der Waals surface area contributed by atoms with E-state index in [2.05, 4.69) is 33.2 Å². The van der Waals surface area contributed by atoms with Crippen LogP contribution in [-0.4, -0.2) is 9.78 Å².